The summed E-state index contributed by atoms with van der Waals surface area (Å²) in [6, 6.07) is 0. The Morgan fingerprint density at radius 2 is 2.27 bits per heavy atom. The molecule has 1 atom stereocenters. The van der Waals surface area contributed by atoms with E-state index in [1.165, 1.54) is 12.8 Å². The molecule has 1 aliphatic carbocycles. The van der Waals surface area contributed by atoms with Gasteiger partial charge in [0.15, 0.2) is 0 Å². The first-order chi connectivity index (χ1) is 5.20. The fourth-order valence-corrected chi connectivity index (χ4v) is 1.31. The highest BCUT2D eigenvalue weighted by molar-refractivity contribution is 6.69. The van der Waals surface area contributed by atoms with Crippen LogP contribution in [0.5, 0.6) is 0 Å². The molecule has 0 aromatic rings. The van der Waals surface area contributed by atoms with Crippen LogP contribution in [0, 0.1) is 5.92 Å². The molecule has 1 fully saturated rings. The number of carbonyl (C=O) groups is 1. The van der Waals surface area contributed by atoms with Crippen LogP contribution in [0.1, 0.15) is 19.3 Å². The van der Waals surface area contributed by atoms with Gasteiger partial charge in [0.1, 0.15) is 0 Å². The molecule has 0 bridgehead atoms. The Balaban J connectivity index is 2.35. The van der Waals surface area contributed by atoms with E-state index in [2.05, 4.69) is 0 Å². The summed E-state index contributed by atoms with van der Waals surface area (Å²) >= 11 is 0. The SMILES string of the molecule is NC[C@@](N)(BC=O)CC1CC1. The zero-order valence-corrected chi connectivity index (χ0v) is 6.75. The highest BCUT2D eigenvalue weighted by atomic mass is 16.1. The lowest BCUT2D eigenvalue weighted by Gasteiger charge is -2.24. The molecule has 0 unspecified atom stereocenters. The van der Waals surface area contributed by atoms with Crippen LogP contribution in [0.4, 0.5) is 0 Å². The largest absolute Gasteiger partial charge is 0.330 e. The van der Waals surface area contributed by atoms with E-state index in [1.54, 1.807) is 0 Å². The third-order valence-corrected chi connectivity index (χ3v) is 2.29. The van der Waals surface area contributed by atoms with Crippen LogP contribution in [0.25, 0.3) is 0 Å². The van der Waals surface area contributed by atoms with Crippen LogP contribution < -0.4 is 11.5 Å². The van der Waals surface area contributed by atoms with Gasteiger partial charge < -0.3 is 16.3 Å². The van der Waals surface area contributed by atoms with Crippen molar-refractivity contribution in [3.63, 3.8) is 0 Å². The van der Waals surface area contributed by atoms with E-state index in [0.29, 0.717) is 13.8 Å². The lowest BCUT2D eigenvalue weighted by atomic mass is 9.58. The zero-order valence-electron chi connectivity index (χ0n) is 6.75. The second kappa shape index (κ2) is 3.37. The molecule has 0 aromatic heterocycles. The van der Waals surface area contributed by atoms with Gasteiger partial charge >= 0.3 is 0 Å². The highest BCUT2D eigenvalue weighted by Gasteiger charge is 2.33. The van der Waals surface area contributed by atoms with Gasteiger partial charge in [-0.3, -0.25) is 0 Å². The molecule has 4 heteroatoms. The van der Waals surface area contributed by atoms with Gasteiger partial charge in [-0.15, -0.1) is 0 Å². The molecule has 4 N–H and O–H groups in total. The monoisotopic (exact) mass is 154 g/mol. The standard InChI is InChI=1S/C7H15BN2O/c9-4-7(10,8-5-11)3-6-1-2-6/h5-6,8H,1-4,9-10H2/t7-/m1/s1. The number of rotatable bonds is 5. The minimum atomic E-state index is -0.414. The Bertz CT molecular complexity index is 149. The fourth-order valence-electron chi connectivity index (χ4n) is 1.31. The summed E-state index contributed by atoms with van der Waals surface area (Å²) in [6.45, 7) is 0.419. The number of hydrogen-bond donors (Lipinski definition) is 2. The maximum Gasteiger partial charge on any atom is 0.225 e. The van der Waals surface area contributed by atoms with E-state index >= 15 is 0 Å². The van der Waals surface area contributed by atoms with Gasteiger partial charge in [0.25, 0.3) is 0 Å². The second-order valence-electron chi connectivity index (χ2n) is 3.58. The van der Waals surface area contributed by atoms with Crippen molar-refractivity contribution in [3.05, 3.63) is 0 Å². The van der Waals surface area contributed by atoms with Gasteiger partial charge in [-0.05, 0) is 12.3 Å². The van der Waals surface area contributed by atoms with E-state index in [9.17, 15) is 4.79 Å². The maximum absolute atomic E-state index is 10.2. The molecule has 1 rings (SSSR count). The Labute approximate surface area is 67.8 Å². The Morgan fingerprint density at radius 3 is 2.64 bits per heavy atom. The molecule has 11 heavy (non-hydrogen) atoms. The number of nitrogens with two attached hydrogens (primary N) is 2. The Kier molecular flexibility index (Phi) is 2.68. The van der Waals surface area contributed by atoms with Crippen molar-refractivity contribution in [1.82, 2.24) is 0 Å². The van der Waals surface area contributed by atoms with Crippen molar-refractivity contribution >= 4 is 13.5 Å². The first kappa shape index (κ1) is 8.75. The molecule has 1 aliphatic rings. The van der Waals surface area contributed by atoms with E-state index in [0.717, 1.165) is 18.5 Å². The molecule has 0 radical (unpaired) electrons. The normalized spacial score (nSPS) is 22.4. The summed E-state index contributed by atoms with van der Waals surface area (Å²) in [7, 11) is 0.403. The lowest BCUT2D eigenvalue weighted by Crippen LogP contribution is -2.53. The molecule has 0 spiro atoms. The van der Waals surface area contributed by atoms with Crippen molar-refractivity contribution in [1.29, 1.82) is 0 Å². The first-order valence-corrected chi connectivity index (χ1v) is 4.13. The molecule has 0 aromatic carbocycles. The van der Waals surface area contributed by atoms with E-state index in [4.69, 9.17) is 11.5 Å². The first-order valence-electron chi connectivity index (χ1n) is 4.13. The number of carbonyl (C=O) groups excluding carboxylic acids is 1. The lowest BCUT2D eigenvalue weighted by molar-refractivity contribution is 0.512. The molecule has 0 amide bonds. The third-order valence-electron chi connectivity index (χ3n) is 2.29. The molecular weight excluding hydrogens is 139 g/mol. The predicted octanol–water partition coefficient (Wildman–Crippen LogP) is -0.973. The van der Waals surface area contributed by atoms with Gasteiger partial charge in [0.2, 0.25) is 7.28 Å². The molecule has 0 heterocycles. The minimum absolute atomic E-state index is 0.403. The quantitative estimate of drug-likeness (QED) is 0.395. The van der Waals surface area contributed by atoms with Crippen LogP contribution in [0.3, 0.4) is 0 Å². The van der Waals surface area contributed by atoms with Crippen molar-refractivity contribution in [2.45, 2.75) is 24.7 Å². The summed E-state index contributed by atoms with van der Waals surface area (Å²) in [5.74, 6) is 0.739. The minimum Gasteiger partial charge on any atom is -0.330 e. The molecule has 3 nitrogen and oxygen atoms in total. The second-order valence-corrected chi connectivity index (χ2v) is 3.58. The van der Waals surface area contributed by atoms with Crippen LogP contribution in [-0.2, 0) is 4.79 Å². The van der Waals surface area contributed by atoms with Crippen LogP contribution >= 0.6 is 0 Å². The van der Waals surface area contributed by atoms with Crippen LogP contribution in [-0.4, -0.2) is 25.4 Å². The molecule has 1 saturated carbocycles. The third kappa shape index (κ3) is 2.63. The van der Waals surface area contributed by atoms with E-state index in [-0.39, 0.29) is 0 Å². The summed E-state index contributed by atoms with van der Waals surface area (Å²) in [4.78, 5) is 10.2. The smallest absolute Gasteiger partial charge is 0.225 e. The van der Waals surface area contributed by atoms with Gasteiger partial charge in [0.05, 0.1) is 6.19 Å². The molecule has 62 valence electrons. The summed E-state index contributed by atoms with van der Waals surface area (Å²) in [6.07, 6.45) is 4.31. The average Bonchev–Trinajstić information content (AvgIpc) is 2.73. The van der Waals surface area contributed by atoms with Gasteiger partial charge in [-0.1, -0.05) is 12.8 Å². The Hall–Kier alpha value is -0.345. The molecular formula is C7H15BN2O. The van der Waals surface area contributed by atoms with Crippen molar-refractivity contribution < 1.29 is 4.79 Å². The van der Waals surface area contributed by atoms with Crippen molar-refractivity contribution in [3.8, 4) is 0 Å². The van der Waals surface area contributed by atoms with Gasteiger partial charge in [-0.25, -0.2) is 0 Å². The summed E-state index contributed by atoms with van der Waals surface area (Å²) in [5.41, 5.74) is 11.0. The zero-order chi connectivity index (χ0) is 8.32. The van der Waals surface area contributed by atoms with Gasteiger partial charge in [0, 0.05) is 12.0 Å². The summed E-state index contributed by atoms with van der Waals surface area (Å²) < 4.78 is 0. The van der Waals surface area contributed by atoms with E-state index < -0.39 is 5.44 Å². The van der Waals surface area contributed by atoms with Crippen molar-refractivity contribution in [2.24, 2.45) is 17.4 Å². The number of hydrogen-bond acceptors (Lipinski definition) is 3. The predicted molar refractivity (Wildman–Crippen MR) is 47.2 cm³/mol. The Morgan fingerprint density at radius 1 is 1.64 bits per heavy atom. The summed E-state index contributed by atoms with van der Waals surface area (Å²) in [5, 5.41) is 0. The molecule has 0 saturated heterocycles. The van der Waals surface area contributed by atoms with E-state index in [1.807, 2.05) is 0 Å². The highest BCUT2D eigenvalue weighted by Crippen LogP contribution is 2.35. The van der Waals surface area contributed by atoms with Crippen LogP contribution in [0.2, 0.25) is 0 Å². The fraction of sp³-hybridized carbons (Fsp3) is 0.857. The van der Waals surface area contributed by atoms with Gasteiger partial charge in [-0.2, -0.15) is 0 Å². The van der Waals surface area contributed by atoms with Crippen LogP contribution in [0.15, 0.2) is 0 Å². The molecule has 0 aliphatic heterocycles. The maximum atomic E-state index is 10.2. The average molecular weight is 154 g/mol. The topological polar surface area (TPSA) is 69.1 Å². The van der Waals surface area contributed by atoms with Crippen molar-refractivity contribution in [2.75, 3.05) is 6.54 Å².